The number of methoxy groups -OCH3 is 3. The van der Waals surface area contributed by atoms with Crippen molar-refractivity contribution in [2.24, 2.45) is 5.41 Å². The van der Waals surface area contributed by atoms with Gasteiger partial charge in [0.15, 0.2) is 5.75 Å². The highest BCUT2D eigenvalue weighted by Crippen LogP contribution is 2.55. The van der Waals surface area contributed by atoms with E-state index in [0.29, 0.717) is 23.4 Å². The van der Waals surface area contributed by atoms with Gasteiger partial charge in [-0.2, -0.15) is 0 Å². The summed E-state index contributed by atoms with van der Waals surface area (Å²) in [6.07, 6.45) is 4.02. The molecule has 27 heavy (non-hydrogen) atoms. The normalized spacial score (nSPS) is 29.9. The largest absolute Gasteiger partial charge is 0.491 e. The van der Waals surface area contributed by atoms with Crippen LogP contribution in [0.1, 0.15) is 44.0 Å². The summed E-state index contributed by atoms with van der Waals surface area (Å²) in [4.78, 5) is 12.7. The smallest absolute Gasteiger partial charge is 0.237 e. The Labute approximate surface area is 168 Å². The van der Waals surface area contributed by atoms with Crippen molar-refractivity contribution in [2.75, 3.05) is 41.3 Å². The second-order valence-corrected chi connectivity index (χ2v) is 8.19. The number of rotatable bonds is 7. The number of aromatic nitrogens is 1. The lowest BCUT2D eigenvalue weighted by Gasteiger charge is -2.53. The van der Waals surface area contributed by atoms with Gasteiger partial charge < -0.3 is 28.3 Å². The summed E-state index contributed by atoms with van der Waals surface area (Å²) >= 11 is 3.39. The third-order valence-corrected chi connectivity index (χ3v) is 6.30. The van der Waals surface area contributed by atoms with Crippen LogP contribution in [0, 0.1) is 5.41 Å². The van der Waals surface area contributed by atoms with Crippen molar-refractivity contribution in [3.63, 3.8) is 0 Å². The molecule has 0 aromatic carbocycles. The fraction of sp³-hybridized carbons (Fsp3) is 0.737. The molecule has 1 fully saturated rings. The number of nitrogens with zero attached hydrogens (tertiary/aromatic N) is 1. The molecule has 7 nitrogen and oxygen atoms in total. The van der Waals surface area contributed by atoms with Crippen LogP contribution in [-0.2, 0) is 18.9 Å². The average molecular weight is 446 g/mol. The van der Waals surface area contributed by atoms with Gasteiger partial charge in [0.25, 0.3) is 0 Å². The number of halogens is 1. The molecule has 4 atom stereocenters. The molecule has 4 unspecified atom stereocenters. The van der Waals surface area contributed by atoms with E-state index in [1.807, 2.05) is 6.20 Å². The molecule has 0 spiro atoms. The topological polar surface area (TPSA) is 68.2 Å². The first kappa shape index (κ1) is 20.8. The van der Waals surface area contributed by atoms with Crippen molar-refractivity contribution < 1.29 is 23.7 Å². The first-order valence-electron chi connectivity index (χ1n) is 9.19. The molecule has 2 aliphatic heterocycles. The van der Waals surface area contributed by atoms with Crippen molar-refractivity contribution >= 4 is 15.9 Å². The van der Waals surface area contributed by atoms with E-state index >= 15 is 0 Å². The van der Waals surface area contributed by atoms with Crippen molar-refractivity contribution in [1.29, 1.82) is 0 Å². The highest BCUT2D eigenvalue weighted by molar-refractivity contribution is 9.10. The number of hydrogen-bond acceptors (Lipinski definition) is 6. The fourth-order valence-corrected chi connectivity index (χ4v) is 4.86. The van der Waals surface area contributed by atoms with Crippen LogP contribution in [0.25, 0.3) is 0 Å². The van der Waals surface area contributed by atoms with Gasteiger partial charge >= 0.3 is 0 Å². The molecule has 1 aromatic rings. The molecular weight excluding hydrogens is 418 g/mol. The molecule has 2 aliphatic rings. The Morgan fingerprint density at radius 3 is 2.78 bits per heavy atom. The van der Waals surface area contributed by atoms with Gasteiger partial charge in [-0.25, -0.2) is 0 Å². The lowest BCUT2D eigenvalue weighted by molar-refractivity contribution is -0.202. The highest BCUT2D eigenvalue weighted by atomic mass is 79.9. The van der Waals surface area contributed by atoms with E-state index in [0.717, 1.165) is 25.0 Å². The van der Waals surface area contributed by atoms with Gasteiger partial charge in [-0.05, 0) is 35.2 Å². The zero-order valence-electron chi connectivity index (χ0n) is 16.3. The van der Waals surface area contributed by atoms with E-state index in [-0.39, 0.29) is 24.4 Å². The lowest BCUT2D eigenvalue weighted by Crippen LogP contribution is -2.53. The molecular formula is C19H28BrNO6. The zero-order chi connectivity index (χ0) is 19.6. The minimum absolute atomic E-state index is 0.0603. The zero-order valence-corrected chi connectivity index (χ0v) is 17.9. The first-order chi connectivity index (χ1) is 13.0. The van der Waals surface area contributed by atoms with Crippen LogP contribution in [0.3, 0.4) is 0 Å². The van der Waals surface area contributed by atoms with Crippen molar-refractivity contribution in [3.8, 4) is 5.75 Å². The molecule has 0 bridgehead atoms. The van der Waals surface area contributed by atoms with Crippen LogP contribution in [0.4, 0.5) is 0 Å². The highest BCUT2D eigenvalue weighted by Gasteiger charge is 2.54. The van der Waals surface area contributed by atoms with Gasteiger partial charge in [0, 0.05) is 39.0 Å². The van der Waals surface area contributed by atoms with Gasteiger partial charge in [0.2, 0.25) is 5.43 Å². The summed E-state index contributed by atoms with van der Waals surface area (Å²) in [5.74, 6) is 0.304. The molecule has 152 valence electrons. The van der Waals surface area contributed by atoms with Crippen LogP contribution >= 0.6 is 15.9 Å². The van der Waals surface area contributed by atoms with Gasteiger partial charge in [-0.15, -0.1) is 0 Å². The van der Waals surface area contributed by atoms with Gasteiger partial charge in [0.1, 0.15) is 12.9 Å². The molecule has 0 N–H and O–H groups in total. The van der Waals surface area contributed by atoms with Gasteiger partial charge in [-0.3, -0.25) is 4.79 Å². The van der Waals surface area contributed by atoms with Crippen LogP contribution in [0.5, 0.6) is 5.75 Å². The Kier molecular flexibility index (Phi) is 6.63. The van der Waals surface area contributed by atoms with Crippen molar-refractivity contribution in [2.45, 2.75) is 44.4 Å². The average Bonchev–Trinajstić information content (AvgIpc) is 2.68. The predicted octanol–water partition coefficient (Wildman–Crippen LogP) is 3.06. The van der Waals surface area contributed by atoms with E-state index in [1.165, 1.54) is 7.11 Å². The number of hydrogen-bond donors (Lipinski definition) is 0. The predicted molar refractivity (Wildman–Crippen MR) is 103 cm³/mol. The Morgan fingerprint density at radius 2 is 2.11 bits per heavy atom. The second-order valence-electron chi connectivity index (χ2n) is 7.33. The van der Waals surface area contributed by atoms with E-state index in [2.05, 4.69) is 27.4 Å². The van der Waals surface area contributed by atoms with Crippen LogP contribution in [0.15, 0.2) is 15.5 Å². The molecule has 0 saturated carbocycles. The molecule has 3 rings (SSSR count). The molecule has 1 saturated heterocycles. The quantitative estimate of drug-likeness (QED) is 0.600. The molecule has 3 heterocycles. The Morgan fingerprint density at radius 1 is 1.33 bits per heavy atom. The summed E-state index contributed by atoms with van der Waals surface area (Å²) < 4.78 is 31.1. The molecule has 0 radical (unpaired) electrons. The summed E-state index contributed by atoms with van der Waals surface area (Å²) in [5.41, 5.74) is 0.167. The monoisotopic (exact) mass is 445 g/mol. The maximum atomic E-state index is 12.7. The number of fused-ring (bicyclic) bond motifs is 3. The SMILES string of the molecule is COCCC1(C)C(OCOC)c2c(OC)c(=O)c(Br)cn2C2CCCOC21. The summed E-state index contributed by atoms with van der Waals surface area (Å²) in [5, 5.41) is 0. The van der Waals surface area contributed by atoms with E-state index in [1.54, 1.807) is 14.2 Å². The first-order valence-corrected chi connectivity index (χ1v) is 9.98. The lowest BCUT2D eigenvalue weighted by atomic mass is 9.68. The van der Waals surface area contributed by atoms with Crippen LogP contribution < -0.4 is 10.2 Å². The van der Waals surface area contributed by atoms with Crippen LogP contribution in [0.2, 0.25) is 0 Å². The molecule has 1 aromatic heterocycles. The molecule has 8 heteroatoms. The van der Waals surface area contributed by atoms with Gasteiger partial charge in [0.05, 0.1) is 29.4 Å². The molecule has 0 amide bonds. The van der Waals surface area contributed by atoms with Crippen molar-refractivity contribution in [1.82, 2.24) is 4.57 Å². The second kappa shape index (κ2) is 8.61. The minimum atomic E-state index is -0.428. The maximum absolute atomic E-state index is 12.7. The van der Waals surface area contributed by atoms with Crippen LogP contribution in [-0.4, -0.2) is 52.0 Å². The van der Waals surface area contributed by atoms with Crippen molar-refractivity contribution in [3.05, 3.63) is 26.6 Å². The Hall–Kier alpha value is -0.930. The minimum Gasteiger partial charge on any atom is -0.491 e. The molecule has 0 aliphatic carbocycles. The maximum Gasteiger partial charge on any atom is 0.237 e. The van der Waals surface area contributed by atoms with E-state index in [9.17, 15) is 4.79 Å². The van der Waals surface area contributed by atoms with Gasteiger partial charge in [-0.1, -0.05) is 6.92 Å². The fourth-order valence-electron chi connectivity index (χ4n) is 4.46. The summed E-state index contributed by atoms with van der Waals surface area (Å²) in [6, 6.07) is 0.101. The summed E-state index contributed by atoms with van der Waals surface area (Å²) in [7, 11) is 4.79. The van der Waals surface area contributed by atoms with E-state index < -0.39 is 11.5 Å². The Balaban J connectivity index is 2.23. The third kappa shape index (κ3) is 3.58. The standard InChI is InChI=1S/C19H28BrNO6/c1-19(7-9-23-2)17-13(6-5-8-26-17)21-10-12(20)15(22)16(25-4)14(21)18(19)27-11-24-3/h10,13,17-18H,5-9,11H2,1-4H3. The number of pyridine rings is 1. The number of ether oxygens (including phenoxy) is 5. The third-order valence-electron chi connectivity index (χ3n) is 5.73. The Bertz CT molecular complexity index is 723. The summed E-state index contributed by atoms with van der Waals surface area (Å²) in [6.45, 7) is 3.54. The van der Waals surface area contributed by atoms with E-state index in [4.69, 9.17) is 23.7 Å².